The monoisotopic (exact) mass is 380 g/mol. The molecule has 1 N–H and O–H groups in total. The molecule has 0 unspecified atom stereocenters. The van der Waals surface area contributed by atoms with Crippen molar-refractivity contribution >= 4 is 12.0 Å². The van der Waals surface area contributed by atoms with Crippen molar-refractivity contribution in [3.05, 3.63) is 95.7 Å². The maximum Gasteiger partial charge on any atom is 0.244 e. The number of rotatable bonds is 6. The number of nitrogens with one attached hydrogen (secondary N) is 1. The summed E-state index contributed by atoms with van der Waals surface area (Å²) in [6, 6.07) is 16.1. The lowest BCUT2D eigenvalue weighted by Crippen LogP contribution is -2.24. The number of hydrogen-bond acceptors (Lipinski definition) is 3. The fourth-order valence-electron chi connectivity index (χ4n) is 2.54. The van der Waals surface area contributed by atoms with E-state index in [1.807, 2.05) is 25.1 Å². The lowest BCUT2D eigenvalue weighted by atomic mass is 10.1. The van der Waals surface area contributed by atoms with Gasteiger partial charge in [0.1, 0.15) is 5.75 Å². The Labute approximate surface area is 161 Å². The topological polar surface area (TPSA) is 51.2 Å². The molecule has 0 fully saturated rings. The largest absolute Gasteiger partial charge is 0.439 e. The van der Waals surface area contributed by atoms with Crippen LogP contribution >= 0.6 is 0 Å². The minimum atomic E-state index is -0.987. The molecule has 0 saturated carbocycles. The van der Waals surface area contributed by atoms with Crippen LogP contribution in [-0.2, 0) is 4.79 Å². The van der Waals surface area contributed by atoms with Gasteiger partial charge in [0.15, 0.2) is 11.6 Å². The summed E-state index contributed by atoms with van der Waals surface area (Å²) in [5.41, 5.74) is 0.834. The second-order valence-electron chi connectivity index (χ2n) is 6.05. The Balaban J connectivity index is 1.64. The lowest BCUT2D eigenvalue weighted by molar-refractivity contribution is -0.117. The zero-order valence-corrected chi connectivity index (χ0v) is 15.1. The predicted molar refractivity (Wildman–Crippen MR) is 103 cm³/mol. The van der Waals surface area contributed by atoms with E-state index < -0.39 is 17.5 Å². The number of carbonyl (C=O) groups is 1. The van der Waals surface area contributed by atoms with E-state index >= 15 is 0 Å². The maximum absolute atomic E-state index is 13.6. The molecule has 0 bridgehead atoms. The molecule has 3 rings (SSSR count). The Morgan fingerprint density at radius 2 is 1.93 bits per heavy atom. The van der Waals surface area contributed by atoms with Gasteiger partial charge in [0.25, 0.3) is 0 Å². The first-order valence-electron chi connectivity index (χ1n) is 8.64. The van der Waals surface area contributed by atoms with Crippen molar-refractivity contribution in [2.45, 2.75) is 13.0 Å². The fraction of sp³-hybridized carbons (Fsp3) is 0.0909. The molecule has 0 aliphatic carbocycles. The molecular formula is C22H18F2N2O2. The molecule has 6 heteroatoms. The molecular weight excluding hydrogens is 362 g/mol. The standard InChI is InChI=1S/C22H18F2N2O2/c1-15(26-20(27)12-11-16-6-5-9-19(23)22(16)24)17-7-4-8-18(14-17)28-21-10-2-3-13-25-21/h2-15H,1H3,(H,26,27)/t15-/m0/s1. The molecule has 2 aromatic carbocycles. The van der Waals surface area contributed by atoms with Crippen LogP contribution in [0.1, 0.15) is 24.1 Å². The number of halogens is 2. The first kappa shape index (κ1) is 19.2. The Morgan fingerprint density at radius 1 is 1.11 bits per heavy atom. The van der Waals surface area contributed by atoms with Crippen LogP contribution in [0.3, 0.4) is 0 Å². The van der Waals surface area contributed by atoms with Gasteiger partial charge in [-0.1, -0.05) is 30.3 Å². The van der Waals surface area contributed by atoms with Gasteiger partial charge in [0.05, 0.1) is 6.04 Å². The molecule has 142 valence electrons. The summed E-state index contributed by atoms with van der Waals surface area (Å²) >= 11 is 0. The van der Waals surface area contributed by atoms with Gasteiger partial charge in [-0.05, 0) is 42.8 Å². The quantitative estimate of drug-likeness (QED) is 0.610. The Morgan fingerprint density at radius 3 is 2.71 bits per heavy atom. The van der Waals surface area contributed by atoms with Gasteiger partial charge in [-0.3, -0.25) is 4.79 Å². The van der Waals surface area contributed by atoms with Crippen LogP contribution in [0, 0.1) is 11.6 Å². The third-order valence-corrected chi connectivity index (χ3v) is 3.97. The Kier molecular flexibility index (Phi) is 6.11. The van der Waals surface area contributed by atoms with Crippen molar-refractivity contribution in [3.63, 3.8) is 0 Å². The normalized spacial score (nSPS) is 12.0. The fourth-order valence-corrected chi connectivity index (χ4v) is 2.54. The summed E-state index contributed by atoms with van der Waals surface area (Å²) in [6.45, 7) is 1.81. The minimum absolute atomic E-state index is 0.00793. The summed E-state index contributed by atoms with van der Waals surface area (Å²) in [6.07, 6.45) is 4.04. The summed E-state index contributed by atoms with van der Waals surface area (Å²) in [5, 5.41) is 2.78. The molecule has 1 heterocycles. The Hall–Kier alpha value is -3.54. The highest BCUT2D eigenvalue weighted by Gasteiger charge is 2.10. The first-order valence-corrected chi connectivity index (χ1v) is 8.64. The molecule has 0 radical (unpaired) electrons. The van der Waals surface area contributed by atoms with E-state index in [1.165, 1.54) is 24.3 Å². The first-order chi connectivity index (χ1) is 13.5. The van der Waals surface area contributed by atoms with Crippen LogP contribution in [-0.4, -0.2) is 10.9 Å². The minimum Gasteiger partial charge on any atom is -0.439 e. The van der Waals surface area contributed by atoms with Crippen molar-refractivity contribution in [2.24, 2.45) is 0 Å². The molecule has 1 aromatic heterocycles. The molecule has 28 heavy (non-hydrogen) atoms. The SMILES string of the molecule is C[C@H](NC(=O)C=Cc1cccc(F)c1F)c1cccc(Oc2ccccn2)c1. The number of benzene rings is 2. The number of ether oxygens (including phenoxy) is 1. The highest BCUT2D eigenvalue weighted by Crippen LogP contribution is 2.23. The average Bonchev–Trinajstić information content (AvgIpc) is 2.70. The van der Waals surface area contributed by atoms with Gasteiger partial charge >= 0.3 is 0 Å². The van der Waals surface area contributed by atoms with E-state index in [0.717, 1.165) is 11.6 Å². The zero-order chi connectivity index (χ0) is 19.9. The molecule has 4 nitrogen and oxygen atoms in total. The van der Waals surface area contributed by atoms with Crippen LogP contribution in [0.15, 0.2) is 72.9 Å². The highest BCUT2D eigenvalue weighted by atomic mass is 19.2. The summed E-state index contributed by atoms with van der Waals surface area (Å²) in [7, 11) is 0. The molecule has 0 aliphatic heterocycles. The van der Waals surface area contributed by atoms with Gasteiger partial charge in [-0.2, -0.15) is 0 Å². The third kappa shape index (κ3) is 5.01. The van der Waals surface area contributed by atoms with E-state index in [9.17, 15) is 13.6 Å². The van der Waals surface area contributed by atoms with Crippen molar-refractivity contribution in [3.8, 4) is 11.6 Å². The van der Waals surface area contributed by atoms with Gasteiger partial charge in [0.2, 0.25) is 11.8 Å². The van der Waals surface area contributed by atoms with Crippen LogP contribution in [0.4, 0.5) is 8.78 Å². The highest BCUT2D eigenvalue weighted by molar-refractivity contribution is 5.92. The molecule has 0 aliphatic rings. The number of carbonyl (C=O) groups excluding carboxylic acids is 1. The number of hydrogen-bond donors (Lipinski definition) is 1. The van der Waals surface area contributed by atoms with E-state index in [2.05, 4.69) is 10.3 Å². The average molecular weight is 380 g/mol. The molecule has 0 saturated heterocycles. The number of pyridine rings is 1. The second kappa shape index (κ2) is 8.90. The smallest absolute Gasteiger partial charge is 0.244 e. The van der Waals surface area contributed by atoms with Gasteiger partial charge < -0.3 is 10.1 Å². The van der Waals surface area contributed by atoms with E-state index in [4.69, 9.17) is 4.74 Å². The molecule has 3 aromatic rings. The van der Waals surface area contributed by atoms with Crippen LogP contribution in [0.2, 0.25) is 0 Å². The Bertz CT molecular complexity index is 991. The third-order valence-electron chi connectivity index (χ3n) is 3.97. The lowest BCUT2D eigenvalue weighted by Gasteiger charge is -2.14. The van der Waals surface area contributed by atoms with Crippen molar-refractivity contribution < 1.29 is 18.3 Å². The van der Waals surface area contributed by atoms with Crippen molar-refractivity contribution in [2.75, 3.05) is 0 Å². The van der Waals surface area contributed by atoms with Gasteiger partial charge in [-0.15, -0.1) is 0 Å². The summed E-state index contributed by atoms with van der Waals surface area (Å²) < 4.78 is 32.5. The second-order valence-corrected chi connectivity index (χ2v) is 6.05. The van der Waals surface area contributed by atoms with Crippen molar-refractivity contribution in [1.82, 2.24) is 10.3 Å². The van der Waals surface area contributed by atoms with Crippen molar-refractivity contribution in [1.29, 1.82) is 0 Å². The number of aromatic nitrogens is 1. The predicted octanol–water partition coefficient (Wildman–Crippen LogP) is 5.04. The molecule has 1 amide bonds. The van der Waals surface area contributed by atoms with E-state index in [1.54, 1.807) is 30.5 Å². The van der Waals surface area contributed by atoms with Crippen LogP contribution in [0.5, 0.6) is 11.6 Å². The molecule has 1 atom stereocenters. The van der Waals surface area contributed by atoms with E-state index in [0.29, 0.717) is 11.6 Å². The zero-order valence-electron chi connectivity index (χ0n) is 15.1. The van der Waals surface area contributed by atoms with Crippen LogP contribution in [0.25, 0.3) is 6.08 Å². The summed E-state index contributed by atoms with van der Waals surface area (Å²) in [5.74, 6) is -1.31. The molecule has 0 spiro atoms. The van der Waals surface area contributed by atoms with Crippen LogP contribution < -0.4 is 10.1 Å². The van der Waals surface area contributed by atoms with Gasteiger partial charge in [0, 0.05) is 23.9 Å². The maximum atomic E-state index is 13.6. The summed E-state index contributed by atoms with van der Waals surface area (Å²) in [4.78, 5) is 16.2. The number of amides is 1. The van der Waals surface area contributed by atoms with E-state index in [-0.39, 0.29) is 11.6 Å². The number of nitrogens with zero attached hydrogens (tertiary/aromatic N) is 1. The van der Waals surface area contributed by atoms with Gasteiger partial charge in [-0.25, -0.2) is 13.8 Å².